The smallest absolute Gasteiger partial charge is 0.416 e. The summed E-state index contributed by atoms with van der Waals surface area (Å²) in [5.74, 6) is -0.318. The third-order valence-electron chi connectivity index (χ3n) is 3.68. The fourth-order valence-electron chi connectivity index (χ4n) is 2.34. The van der Waals surface area contributed by atoms with Crippen LogP contribution in [-0.4, -0.2) is 22.6 Å². The fraction of sp³-hybridized carbons (Fsp3) is 0.158. The molecule has 0 atom stereocenters. The summed E-state index contributed by atoms with van der Waals surface area (Å²) in [6, 6.07) is 11.2. The van der Waals surface area contributed by atoms with E-state index in [9.17, 15) is 23.1 Å². The van der Waals surface area contributed by atoms with Gasteiger partial charge in [-0.05, 0) is 29.8 Å². The molecule has 9 heteroatoms. The van der Waals surface area contributed by atoms with E-state index in [0.717, 1.165) is 17.0 Å². The molecule has 146 valence electrons. The Morgan fingerprint density at radius 3 is 2.54 bits per heavy atom. The third kappa shape index (κ3) is 5.23. The number of aromatic hydroxyl groups is 1. The van der Waals surface area contributed by atoms with E-state index in [2.05, 4.69) is 10.3 Å². The number of hydrogen-bond donors (Lipinski definition) is 2. The SMILES string of the molecule is O=C(COc1ccccc1O)Nc1ncc(Cc2ccc(C(F)(F)F)cc2)s1. The van der Waals surface area contributed by atoms with E-state index in [-0.39, 0.29) is 18.1 Å². The summed E-state index contributed by atoms with van der Waals surface area (Å²) in [5.41, 5.74) is 0.00960. The number of phenolic OH excluding ortho intramolecular Hbond substituents is 1. The molecule has 3 aromatic rings. The Morgan fingerprint density at radius 1 is 1.14 bits per heavy atom. The van der Waals surface area contributed by atoms with Crippen LogP contribution < -0.4 is 10.1 Å². The molecule has 28 heavy (non-hydrogen) atoms. The molecule has 0 unspecified atom stereocenters. The lowest BCUT2D eigenvalue weighted by atomic mass is 10.1. The van der Waals surface area contributed by atoms with E-state index in [1.165, 1.54) is 35.6 Å². The lowest BCUT2D eigenvalue weighted by Crippen LogP contribution is -2.20. The highest BCUT2D eigenvalue weighted by atomic mass is 32.1. The van der Waals surface area contributed by atoms with Gasteiger partial charge in [0.1, 0.15) is 0 Å². The van der Waals surface area contributed by atoms with E-state index in [4.69, 9.17) is 4.74 Å². The molecule has 0 aliphatic heterocycles. The zero-order chi connectivity index (χ0) is 20.1. The maximum absolute atomic E-state index is 12.6. The minimum absolute atomic E-state index is 0.0663. The van der Waals surface area contributed by atoms with Crippen LogP contribution in [0.25, 0.3) is 0 Å². The van der Waals surface area contributed by atoms with Gasteiger partial charge in [0.25, 0.3) is 5.91 Å². The highest BCUT2D eigenvalue weighted by Crippen LogP contribution is 2.30. The number of ether oxygens (including phenoxy) is 1. The number of aromatic nitrogens is 1. The summed E-state index contributed by atoms with van der Waals surface area (Å²) in [6.45, 7) is -0.300. The van der Waals surface area contributed by atoms with Gasteiger partial charge in [0, 0.05) is 17.5 Å². The normalized spacial score (nSPS) is 11.2. The Labute approximate surface area is 162 Å². The van der Waals surface area contributed by atoms with Crippen LogP contribution in [0.5, 0.6) is 11.5 Å². The molecule has 0 aliphatic rings. The van der Waals surface area contributed by atoms with E-state index in [1.54, 1.807) is 18.3 Å². The van der Waals surface area contributed by atoms with Gasteiger partial charge in [0.15, 0.2) is 23.2 Å². The first-order valence-electron chi connectivity index (χ1n) is 8.13. The van der Waals surface area contributed by atoms with Crippen molar-refractivity contribution in [1.82, 2.24) is 4.98 Å². The van der Waals surface area contributed by atoms with Crippen molar-refractivity contribution in [2.24, 2.45) is 0 Å². The van der Waals surface area contributed by atoms with Gasteiger partial charge >= 0.3 is 6.18 Å². The van der Waals surface area contributed by atoms with Crippen molar-refractivity contribution >= 4 is 22.4 Å². The minimum Gasteiger partial charge on any atom is -0.504 e. The number of amides is 1. The van der Waals surface area contributed by atoms with Gasteiger partial charge in [0.2, 0.25) is 0 Å². The fourth-order valence-corrected chi connectivity index (χ4v) is 3.20. The summed E-state index contributed by atoms with van der Waals surface area (Å²) in [4.78, 5) is 16.8. The van der Waals surface area contributed by atoms with Crippen molar-refractivity contribution in [2.45, 2.75) is 12.6 Å². The van der Waals surface area contributed by atoms with Crippen molar-refractivity contribution in [3.8, 4) is 11.5 Å². The summed E-state index contributed by atoms with van der Waals surface area (Å²) < 4.78 is 43.0. The Kier molecular flexibility index (Phi) is 5.84. The van der Waals surface area contributed by atoms with Gasteiger partial charge in [0.05, 0.1) is 5.56 Å². The third-order valence-corrected chi connectivity index (χ3v) is 4.60. The molecule has 1 amide bonds. The second-order valence-corrected chi connectivity index (χ2v) is 6.92. The van der Waals surface area contributed by atoms with Gasteiger partial charge in [-0.1, -0.05) is 24.3 Å². The molecule has 1 heterocycles. The minimum atomic E-state index is -4.36. The molecule has 0 radical (unpaired) electrons. The second-order valence-electron chi connectivity index (χ2n) is 5.81. The number of nitrogens with one attached hydrogen (secondary N) is 1. The lowest BCUT2D eigenvalue weighted by molar-refractivity contribution is -0.137. The number of hydrogen-bond acceptors (Lipinski definition) is 5. The lowest BCUT2D eigenvalue weighted by Gasteiger charge is -2.07. The van der Waals surface area contributed by atoms with Gasteiger partial charge in [-0.25, -0.2) is 4.98 Å². The average Bonchev–Trinajstić information content (AvgIpc) is 3.07. The largest absolute Gasteiger partial charge is 0.504 e. The van der Waals surface area contributed by atoms with E-state index in [1.807, 2.05) is 0 Å². The molecule has 2 aromatic carbocycles. The van der Waals surface area contributed by atoms with Crippen LogP contribution >= 0.6 is 11.3 Å². The Hall–Kier alpha value is -3.07. The van der Waals surface area contributed by atoms with E-state index in [0.29, 0.717) is 17.1 Å². The first-order chi connectivity index (χ1) is 13.3. The first kappa shape index (κ1) is 19.7. The Balaban J connectivity index is 1.54. The van der Waals surface area contributed by atoms with Crippen LogP contribution in [0.1, 0.15) is 16.0 Å². The van der Waals surface area contributed by atoms with E-state index >= 15 is 0 Å². The van der Waals surface area contributed by atoms with E-state index < -0.39 is 17.6 Å². The molecule has 0 spiro atoms. The topological polar surface area (TPSA) is 71.5 Å². The molecule has 5 nitrogen and oxygen atoms in total. The summed E-state index contributed by atoms with van der Waals surface area (Å²) in [7, 11) is 0. The van der Waals surface area contributed by atoms with Crippen LogP contribution in [0.15, 0.2) is 54.7 Å². The molecule has 0 saturated carbocycles. The second kappa shape index (κ2) is 8.30. The molecular formula is C19H15F3N2O3S. The number of carbonyl (C=O) groups excluding carboxylic acids is 1. The van der Waals surface area contributed by atoms with Crippen LogP contribution in [0.3, 0.4) is 0 Å². The molecular weight excluding hydrogens is 393 g/mol. The number of halogens is 3. The highest BCUT2D eigenvalue weighted by molar-refractivity contribution is 7.15. The Morgan fingerprint density at radius 2 is 1.86 bits per heavy atom. The zero-order valence-electron chi connectivity index (χ0n) is 14.4. The summed E-state index contributed by atoms with van der Waals surface area (Å²) in [5, 5.41) is 12.5. The predicted octanol–water partition coefficient (Wildman–Crippen LogP) is 4.48. The molecule has 1 aromatic heterocycles. The van der Waals surface area contributed by atoms with Gasteiger partial charge in [-0.3, -0.25) is 10.1 Å². The molecule has 3 rings (SSSR count). The highest BCUT2D eigenvalue weighted by Gasteiger charge is 2.29. The van der Waals surface area contributed by atoms with Crippen molar-refractivity contribution < 1.29 is 27.8 Å². The first-order valence-corrected chi connectivity index (χ1v) is 8.94. The number of para-hydroxylation sites is 2. The monoisotopic (exact) mass is 408 g/mol. The molecule has 0 aliphatic carbocycles. The van der Waals surface area contributed by atoms with Crippen LogP contribution in [-0.2, 0) is 17.4 Å². The number of phenols is 1. The van der Waals surface area contributed by atoms with Crippen molar-refractivity contribution in [3.05, 3.63) is 70.7 Å². The maximum Gasteiger partial charge on any atom is 0.416 e. The summed E-state index contributed by atoms with van der Waals surface area (Å²) in [6.07, 6.45) is -2.40. The van der Waals surface area contributed by atoms with Crippen molar-refractivity contribution in [3.63, 3.8) is 0 Å². The number of rotatable bonds is 6. The molecule has 0 fully saturated rings. The van der Waals surface area contributed by atoms with Crippen LogP contribution in [0, 0.1) is 0 Å². The maximum atomic E-state index is 12.6. The van der Waals surface area contributed by atoms with Crippen LogP contribution in [0.4, 0.5) is 18.3 Å². The van der Waals surface area contributed by atoms with Crippen molar-refractivity contribution in [2.75, 3.05) is 11.9 Å². The van der Waals surface area contributed by atoms with Gasteiger partial charge in [-0.15, -0.1) is 11.3 Å². The predicted molar refractivity (Wildman–Crippen MR) is 98.6 cm³/mol. The molecule has 0 bridgehead atoms. The van der Waals surface area contributed by atoms with Gasteiger partial charge < -0.3 is 9.84 Å². The Bertz CT molecular complexity index is 956. The standard InChI is InChI=1S/C19H15F3N2O3S/c20-19(21,22)13-7-5-12(6-8-13)9-14-10-23-18(28-14)24-17(26)11-27-16-4-2-1-3-15(16)25/h1-8,10,25H,9,11H2,(H,23,24,26). The molecule has 2 N–H and O–H groups in total. The van der Waals surface area contributed by atoms with Crippen LogP contribution in [0.2, 0.25) is 0 Å². The molecule has 0 saturated heterocycles. The quantitative estimate of drug-likeness (QED) is 0.631. The number of thiazole rings is 1. The zero-order valence-corrected chi connectivity index (χ0v) is 15.2. The number of carbonyl (C=O) groups is 1. The summed E-state index contributed by atoms with van der Waals surface area (Å²) >= 11 is 1.22. The van der Waals surface area contributed by atoms with Gasteiger partial charge in [-0.2, -0.15) is 13.2 Å². The number of alkyl halides is 3. The number of benzene rings is 2. The van der Waals surface area contributed by atoms with Crippen molar-refractivity contribution in [1.29, 1.82) is 0 Å². The number of anilines is 1. The number of nitrogens with zero attached hydrogens (tertiary/aromatic N) is 1. The average molecular weight is 408 g/mol.